The summed E-state index contributed by atoms with van der Waals surface area (Å²) in [5.74, 6) is -21.8. The van der Waals surface area contributed by atoms with Crippen molar-refractivity contribution in [3.63, 3.8) is 0 Å². The molecule has 0 aliphatic heterocycles. The first-order chi connectivity index (χ1) is 12.1. The van der Waals surface area contributed by atoms with Gasteiger partial charge >= 0.3 is 0 Å². The second-order valence-electron chi connectivity index (χ2n) is 4.98. The van der Waals surface area contributed by atoms with Crippen LogP contribution in [0.4, 0.5) is 43.9 Å². The smallest absolute Gasteiger partial charge is 0.200 e. The van der Waals surface area contributed by atoms with E-state index in [-0.39, 0.29) is 0 Å². The lowest BCUT2D eigenvalue weighted by atomic mass is 10.1. The van der Waals surface area contributed by atoms with Crippen molar-refractivity contribution in [2.75, 3.05) is 0 Å². The molecule has 0 saturated carbocycles. The third-order valence-electron chi connectivity index (χ3n) is 3.41. The van der Waals surface area contributed by atoms with Crippen molar-refractivity contribution < 1.29 is 43.9 Å². The summed E-state index contributed by atoms with van der Waals surface area (Å²) in [5, 5.41) is 0. The molecule has 0 aromatic heterocycles. The predicted octanol–water partition coefficient (Wildman–Crippen LogP) is 5.42. The van der Waals surface area contributed by atoms with Crippen LogP contribution in [0.25, 0.3) is 0 Å². The SMILES string of the molecule is Fc1c(F)c(F)c(C/C=C/Cc2c(F)c(F)c(F)c(F)c2F)c(F)c1F. The van der Waals surface area contributed by atoms with Crippen LogP contribution >= 0.6 is 0 Å². The lowest BCUT2D eigenvalue weighted by Crippen LogP contribution is -2.07. The number of hydrogen-bond acceptors (Lipinski definition) is 0. The summed E-state index contributed by atoms with van der Waals surface area (Å²) in [6, 6.07) is 0. The van der Waals surface area contributed by atoms with Gasteiger partial charge in [-0.3, -0.25) is 0 Å². The highest BCUT2D eigenvalue weighted by Crippen LogP contribution is 2.25. The van der Waals surface area contributed by atoms with Gasteiger partial charge in [0.05, 0.1) is 0 Å². The molecule has 0 unspecified atom stereocenters. The van der Waals surface area contributed by atoms with Gasteiger partial charge in [0.1, 0.15) is 0 Å². The fourth-order valence-electron chi connectivity index (χ4n) is 2.06. The Hall–Kier alpha value is -2.52. The Morgan fingerprint density at radius 3 is 0.769 bits per heavy atom. The maximum absolute atomic E-state index is 13.4. The molecule has 0 bridgehead atoms. The van der Waals surface area contributed by atoms with Crippen molar-refractivity contribution in [2.45, 2.75) is 12.8 Å². The van der Waals surface area contributed by atoms with E-state index in [1.54, 1.807) is 0 Å². The monoisotopic (exact) mass is 388 g/mol. The molecule has 2 rings (SSSR count). The van der Waals surface area contributed by atoms with Gasteiger partial charge in [0.15, 0.2) is 46.5 Å². The quantitative estimate of drug-likeness (QED) is 0.284. The fourth-order valence-corrected chi connectivity index (χ4v) is 2.06. The van der Waals surface area contributed by atoms with Gasteiger partial charge in [0, 0.05) is 11.1 Å². The van der Waals surface area contributed by atoms with Crippen LogP contribution in [0.5, 0.6) is 0 Å². The summed E-state index contributed by atoms with van der Waals surface area (Å²) < 4.78 is 131. The zero-order valence-electron chi connectivity index (χ0n) is 12.3. The summed E-state index contributed by atoms with van der Waals surface area (Å²) in [6.07, 6.45) is -0.227. The van der Waals surface area contributed by atoms with E-state index in [0.717, 1.165) is 12.2 Å². The zero-order valence-corrected chi connectivity index (χ0v) is 12.3. The summed E-state index contributed by atoms with van der Waals surface area (Å²) >= 11 is 0. The lowest BCUT2D eigenvalue weighted by molar-refractivity contribution is 0.371. The molecule has 26 heavy (non-hydrogen) atoms. The second kappa shape index (κ2) is 7.38. The van der Waals surface area contributed by atoms with E-state index in [9.17, 15) is 43.9 Å². The molecular weight excluding hydrogens is 382 g/mol. The maximum Gasteiger partial charge on any atom is 0.200 e. The van der Waals surface area contributed by atoms with Gasteiger partial charge in [-0.15, -0.1) is 0 Å². The van der Waals surface area contributed by atoms with Crippen molar-refractivity contribution >= 4 is 0 Å². The first-order valence-corrected chi connectivity index (χ1v) is 6.75. The molecule has 0 spiro atoms. The van der Waals surface area contributed by atoms with Crippen LogP contribution in [0.15, 0.2) is 12.2 Å². The van der Waals surface area contributed by atoms with Crippen molar-refractivity contribution in [1.82, 2.24) is 0 Å². The van der Waals surface area contributed by atoms with Gasteiger partial charge < -0.3 is 0 Å². The van der Waals surface area contributed by atoms with E-state index in [0.29, 0.717) is 0 Å². The van der Waals surface area contributed by atoms with Crippen molar-refractivity contribution in [3.05, 3.63) is 81.5 Å². The van der Waals surface area contributed by atoms with Gasteiger partial charge in [-0.2, -0.15) is 0 Å². The van der Waals surface area contributed by atoms with Crippen LogP contribution in [0.3, 0.4) is 0 Å². The van der Waals surface area contributed by atoms with Crippen molar-refractivity contribution in [1.29, 1.82) is 0 Å². The predicted molar refractivity (Wildman–Crippen MR) is 69.0 cm³/mol. The molecule has 0 heterocycles. The highest BCUT2D eigenvalue weighted by Gasteiger charge is 2.26. The van der Waals surface area contributed by atoms with E-state index >= 15 is 0 Å². The highest BCUT2D eigenvalue weighted by atomic mass is 19.2. The minimum absolute atomic E-state index is 0.760. The minimum atomic E-state index is -2.35. The first kappa shape index (κ1) is 19.8. The second-order valence-corrected chi connectivity index (χ2v) is 4.98. The van der Waals surface area contributed by atoms with E-state index in [4.69, 9.17) is 0 Å². The van der Waals surface area contributed by atoms with E-state index in [1.165, 1.54) is 0 Å². The van der Waals surface area contributed by atoms with Gasteiger partial charge in [-0.05, 0) is 12.8 Å². The number of rotatable bonds is 4. The van der Waals surface area contributed by atoms with E-state index < -0.39 is 82.1 Å². The Balaban J connectivity index is 2.28. The molecule has 10 heteroatoms. The molecule has 0 amide bonds. The molecule has 0 N–H and O–H groups in total. The number of benzene rings is 2. The molecule has 0 atom stereocenters. The lowest BCUT2D eigenvalue weighted by Gasteiger charge is -2.07. The largest absolute Gasteiger partial charge is 0.203 e. The Labute approximate surface area is 139 Å². The summed E-state index contributed by atoms with van der Waals surface area (Å²) in [5.41, 5.74) is -2.43. The van der Waals surface area contributed by atoms with E-state index in [2.05, 4.69) is 0 Å². The Morgan fingerprint density at radius 2 is 0.538 bits per heavy atom. The Kier molecular flexibility index (Phi) is 5.62. The third-order valence-corrected chi connectivity index (χ3v) is 3.41. The molecule has 140 valence electrons. The van der Waals surface area contributed by atoms with Gasteiger partial charge in [0.25, 0.3) is 0 Å². The Morgan fingerprint density at radius 1 is 0.346 bits per heavy atom. The minimum Gasteiger partial charge on any atom is -0.203 e. The molecule has 0 nitrogen and oxygen atoms in total. The summed E-state index contributed by atoms with van der Waals surface area (Å²) in [4.78, 5) is 0. The Bertz CT molecular complexity index is 769. The van der Waals surface area contributed by atoms with Crippen LogP contribution < -0.4 is 0 Å². The fraction of sp³-hybridized carbons (Fsp3) is 0.125. The van der Waals surface area contributed by atoms with Gasteiger partial charge in [-0.25, -0.2) is 43.9 Å². The summed E-state index contributed by atoms with van der Waals surface area (Å²) in [7, 11) is 0. The number of hydrogen-bond donors (Lipinski definition) is 0. The van der Waals surface area contributed by atoms with Gasteiger partial charge in [-0.1, -0.05) is 12.2 Å². The molecular formula is C16H6F10. The molecule has 0 radical (unpaired) electrons. The van der Waals surface area contributed by atoms with Crippen LogP contribution in [-0.2, 0) is 12.8 Å². The summed E-state index contributed by atoms with van der Waals surface area (Å²) in [6.45, 7) is 0. The van der Waals surface area contributed by atoms with Crippen molar-refractivity contribution in [3.8, 4) is 0 Å². The normalized spacial score (nSPS) is 11.6. The highest BCUT2D eigenvalue weighted by molar-refractivity contribution is 5.28. The van der Waals surface area contributed by atoms with Crippen molar-refractivity contribution in [2.24, 2.45) is 0 Å². The molecule has 2 aromatic carbocycles. The maximum atomic E-state index is 13.4. The zero-order chi connectivity index (χ0) is 19.8. The first-order valence-electron chi connectivity index (χ1n) is 6.75. The standard InChI is InChI=1S/C16H6F10/c17-7-5(8(18)12(22)15(25)11(7)21)3-1-2-4-6-9(19)13(23)16(26)14(24)10(6)20/h1-2H,3-4H2/b2-1+. The topological polar surface area (TPSA) is 0 Å². The molecule has 2 aromatic rings. The average Bonchev–Trinajstić information content (AvgIpc) is 2.63. The van der Waals surface area contributed by atoms with Crippen LogP contribution in [0, 0.1) is 58.2 Å². The van der Waals surface area contributed by atoms with E-state index in [1.807, 2.05) is 0 Å². The number of allylic oxidation sites excluding steroid dienone is 2. The molecule has 0 saturated heterocycles. The molecule has 0 fully saturated rings. The van der Waals surface area contributed by atoms with Gasteiger partial charge in [0.2, 0.25) is 11.6 Å². The molecule has 0 aliphatic carbocycles. The average molecular weight is 388 g/mol. The van der Waals surface area contributed by atoms with Crippen LogP contribution in [0.1, 0.15) is 11.1 Å². The van der Waals surface area contributed by atoms with Crippen LogP contribution in [-0.4, -0.2) is 0 Å². The number of halogens is 10. The van der Waals surface area contributed by atoms with Crippen LogP contribution in [0.2, 0.25) is 0 Å². The molecule has 0 aliphatic rings. The third kappa shape index (κ3) is 3.27.